The zero-order chi connectivity index (χ0) is 11.4. The molecule has 2 aliphatic carbocycles. The zero-order valence-electron chi connectivity index (χ0n) is 10.1. The molecule has 0 unspecified atom stereocenters. The molecule has 2 rings (SSSR count). The van der Waals surface area contributed by atoms with E-state index in [1.165, 1.54) is 32.1 Å². The molecular weight excluding hydrogens is 200 g/mol. The maximum absolute atomic E-state index is 12.1. The Labute approximate surface area is 98.2 Å². The van der Waals surface area contributed by atoms with Crippen LogP contribution in [0.3, 0.4) is 0 Å². The molecule has 92 valence electrons. The van der Waals surface area contributed by atoms with E-state index in [0.717, 1.165) is 25.7 Å². The number of carbonyl (C=O) groups is 1. The number of rotatable bonds is 3. The molecule has 0 aromatic carbocycles. The second kappa shape index (κ2) is 5.17. The average Bonchev–Trinajstić information content (AvgIpc) is 2.97. The van der Waals surface area contributed by atoms with Gasteiger partial charge in [0.25, 0.3) is 0 Å². The molecule has 1 amide bonds. The smallest absolute Gasteiger partial charge is 0.223 e. The highest BCUT2D eigenvalue weighted by molar-refractivity contribution is 5.79. The first-order valence-corrected chi connectivity index (χ1v) is 6.78. The van der Waals surface area contributed by atoms with E-state index in [9.17, 15) is 4.79 Å². The summed E-state index contributed by atoms with van der Waals surface area (Å²) in [6.45, 7) is 0.603. The Morgan fingerprint density at radius 2 is 1.69 bits per heavy atom. The molecule has 0 saturated heterocycles. The summed E-state index contributed by atoms with van der Waals surface area (Å²) in [5.74, 6) is 0.522. The molecule has 0 bridgehead atoms. The van der Waals surface area contributed by atoms with Crippen molar-refractivity contribution in [1.82, 2.24) is 5.32 Å². The summed E-state index contributed by atoms with van der Waals surface area (Å²) >= 11 is 0. The van der Waals surface area contributed by atoms with Crippen LogP contribution in [0.15, 0.2) is 0 Å². The molecule has 0 radical (unpaired) electrons. The third-order valence-electron chi connectivity index (χ3n) is 4.11. The summed E-state index contributed by atoms with van der Waals surface area (Å²) < 4.78 is 0. The highest BCUT2D eigenvalue weighted by atomic mass is 16.2. The van der Waals surface area contributed by atoms with Gasteiger partial charge < -0.3 is 11.1 Å². The normalized spacial score (nSPS) is 25.6. The molecule has 2 saturated carbocycles. The monoisotopic (exact) mass is 224 g/mol. The van der Waals surface area contributed by atoms with Gasteiger partial charge in [0.15, 0.2) is 0 Å². The molecule has 0 aliphatic heterocycles. The van der Waals surface area contributed by atoms with E-state index in [1.807, 2.05) is 0 Å². The second-order valence-corrected chi connectivity index (χ2v) is 5.52. The van der Waals surface area contributed by atoms with Crippen LogP contribution in [0.1, 0.15) is 57.8 Å². The fourth-order valence-electron chi connectivity index (χ4n) is 2.61. The summed E-state index contributed by atoms with van der Waals surface area (Å²) in [7, 11) is 0. The molecule has 0 heterocycles. The first kappa shape index (κ1) is 11.9. The van der Waals surface area contributed by atoms with Crippen molar-refractivity contribution in [2.75, 3.05) is 6.54 Å². The van der Waals surface area contributed by atoms with E-state index in [1.54, 1.807) is 0 Å². The number of nitrogens with one attached hydrogen (secondary N) is 1. The molecular formula is C13H24N2O. The van der Waals surface area contributed by atoms with Gasteiger partial charge in [0, 0.05) is 12.5 Å². The van der Waals surface area contributed by atoms with Crippen LogP contribution in [-0.2, 0) is 4.79 Å². The molecule has 0 spiro atoms. The number of hydrogen-bond donors (Lipinski definition) is 2. The molecule has 2 fully saturated rings. The van der Waals surface area contributed by atoms with Gasteiger partial charge in [0.05, 0.1) is 5.54 Å². The van der Waals surface area contributed by atoms with Crippen LogP contribution in [0.5, 0.6) is 0 Å². The fourth-order valence-corrected chi connectivity index (χ4v) is 2.61. The van der Waals surface area contributed by atoms with Crippen molar-refractivity contribution in [3.05, 3.63) is 0 Å². The van der Waals surface area contributed by atoms with E-state index in [4.69, 9.17) is 5.73 Å². The van der Waals surface area contributed by atoms with Crippen molar-refractivity contribution in [1.29, 1.82) is 0 Å². The molecule has 2 aliphatic rings. The zero-order valence-corrected chi connectivity index (χ0v) is 10.1. The standard InChI is InChI=1S/C13H24N2O/c14-10-13(8-9-13)15-12(16)11-6-4-2-1-3-5-7-11/h11H,1-10,14H2,(H,15,16). The minimum Gasteiger partial charge on any atom is -0.349 e. The Morgan fingerprint density at radius 1 is 1.12 bits per heavy atom. The predicted molar refractivity (Wildman–Crippen MR) is 65.0 cm³/mol. The van der Waals surface area contributed by atoms with Crippen molar-refractivity contribution in [2.24, 2.45) is 11.7 Å². The summed E-state index contributed by atoms with van der Waals surface area (Å²) in [5.41, 5.74) is 5.67. The number of carbonyl (C=O) groups excluding carboxylic acids is 1. The third-order valence-corrected chi connectivity index (χ3v) is 4.11. The lowest BCUT2D eigenvalue weighted by Gasteiger charge is -2.22. The molecule has 0 aromatic heterocycles. The Balaban J connectivity index is 1.82. The Morgan fingerprint density at radius 3 is 2.19 bits per heavy atom. The number of amides is 1. The summed E-state index contributed by atoms with van der Waals surface area (Å²) in [5, 5.41) is 3.17. The topological polar surface area (TPSA) is 55.1 Å². The van der Waals surface area contributed by atoms with Crippen LogP contribution >= 0.6 is 0 Å². The molecule has 0 atom stereocenters. The molecule has 3 nitrogen and oxygen atoms in total. The summed E-state index contributed by atoms with van der Waals surface area (Å²) in [6.07, 6.45) is 10.7. The lowest BCUT2D eigenvalue weighted by Crippen LogP contribution is -2.45. The quantitative estimate of drug-likeness (QED) is 0.770. The van der Waals surface area contributed by atoms with Gasteiger partial charge in [0.2, 0.25) is 5.91 Å². The minimum absolute atomic E-state index is 0.0144. The Hall–Kier alpha value is -0.570. The highest BCUT2D eigenvalue weighted by Crippen LogP contribution is 2.35. The molecule has 0 aromatic rings. The van der Waals surface area contributed by atoms with E-state index >= 15 is 0 Å². The average molecular weight is 224 g/mol. The first-order valence-electron chi connectivity index (χ1n) is 6.78. The largest absolute Gasteiger partial charge is 0.349 e. The lowest BCUT2D eigenvalue weighted by atomic mass is 9.90. The van der Waals surface area contributed by atoms with Crippen LogP contribution in [0.4, 0.5) is 0 Å². The van der Waals surface area contributed by atoms with Gasteiger partial charge in [-0.15, -0.1) is 0 Å². The maximum atomic E-state index is 12.1. The maximum Gasteiger partial charge on any atom is 0.223 e. The van der Waals surface area contributed by atoms with Crippen LogP contribution in [0.2, 0.25) is 0 Å². The van der Waals surface area contributed by atoms with E-state index in [-0.39, 0.29) is 17.4 Å². The first-order chi connectivity index (χ1) is 7.76. The predicted octanol–water partition coefficient (Wildman–Crippen LogP) is 1.95. The lowest BCUT2D eigenvalue weighted by molar-refractivity contribution is -0.126. The van der Waals surface area contributed by atoms with Gasteiger partial charge in [-0.3, -0.25) is 4.79 Å². The van der Waals surface area contributed by atoms with E-state index < -0.39 is 0 Å². The van der Waals surface area contributed by atoms with Crippen molar-refractivity contribution < 1.29 is 4.79 Å². The fraction of sp³-hybridized carbons (Fsp3) is 0.923. The van der Waals surface area contributed by atoms with Crippen molar-refractivity contribution in [3.8, 4) is 0 Å². The number of hydrogen-bond acceptors (Lipinski definition) is 2. The highest BCUT2D eigenvalue weighted by Gasteiger charge is 2.43. The molecule has 3 heteroatoms. The second-order valence-electron chi connectivity index (χ2n) is 5.52. The van der Waals surface area contributed by atoms with Crippen molar-refractivity contribution >= 4 is 5.91 Å². The SMILES string of the molecule is NCC1(NC(=O)C2CCCCCCC2)CC1. The van der Waals surface area contributed by atoms with Gasteiger partial charge in [-0.05, 0) is 25.7 Å². The summed E-state index contributed by atoms with van der Waals surface area (Å²) in [4.78, 5) is 12.1. The Bertz CT molecular complexity index is 240. The molecule has 3 N–H and O–H groups in total. The Kier molecular flexibility index (Phi) is 3.85. The van der Waals surface area contributed by atoms with Gasteiger partial charge in [-0.25, -0.2) is 0 Å². The van der Waals surface area contributed by atoms with Gasteiger partial charge >= 0.3 is 0 Å². The van der Waals surface area contributed by atoms with Crippen molar-refractivity contribution in [2.45, 2.75) is 63.3 Å². The van der Waals surface area contributed by atoms with Crippen LogP contribution < -0.4 is 11.1 Å². The van der Waals surface area contributed by atoms with E-state index in [0.29, 0.717) is 6.54 Å². The minimum atomic E-state index is -0.0144. The van der Waals surface area contributed by atoms with Crippen LogP contribution in [0.25, 0.3) is 0 Å². The van der Waals surface area contributed by atoms with E-state index in [2.05, 4.69) is 5.32 Å². The van der Waals surface area contributed by atoms with Gasteiger partial charge in [-0.2, -0.15) is 0 Å². The van der Waals surface area contributed by atoms with Crippen LogP contribution in [0, 0.1) is 5.92 Å². The van der Waals surface area contributed by atoms with Crippen molar-refractivity contribution in [3.63, 3.8) is 0 Å². The van der Waals surface area contributed by atoms with Gasteiger partial charge in [-0.1, -0.05) is 32.1 Å². The number of nitrogens with two attached hydrogens (primary N) is 1. The van der Waals surface area contributed by atoms with Crippen LogP contribution in [-0.4, -0.2) is 18.0 Å². The third kappa shape index (κ3) is 2.97. The summed E-state index contributed by atoms with van der Waals surface area (Å²) in [6, 6.07) is 0. The molecule has 16 heavy (non-hydrogen) atoms. The van der Waals surface area contributed by atoms with Gasteiger partial charge in [0.1, 0.15) is 0 Å².